The first-order chi connectivity index (χ1) is 11.7. The standard InChI is InChI=1S/C19H17BrN2O3/c1-19(2,11-4-6-12(20)7-5-11)18(25)21-13-8-9-14-15(10-13)17(24)22(3)16(14)23/h4-10H,1-3H3,(H,21,25). The Morgan fingerprint density at radius 2 is 1.60 bits per heavy atom. The normalized spacial score (nSPS) is 13.8. The van der Waals surface area contributed by atoms with Crippen LogP contribution in [0.1, 0.15) is 40.1 Å². The molecule has 3 rings (SSSR count). The molecule has 0 bridgehead atoms. The van der Waals surface area contributed by atoms with Crippen LogP contribution < -0.4 is 5.32 Å². The van der Waals surface area contributed by atoms with Crippen LogP contribution in [0.25, 0.3) is 0 Å². The average molecular weight is 401 g/mol. The highest BCUT2D eigenvalue weighted by atomic mass is 79.9. The zero-order valence-corrected chi connectivity index (χ0v) is 15.7. The lowest BCUT2D eigenvalue weighted by Crippen LogP contribution is -2.34. The van der Waals surface area contributed by atoms with Gasteiger partial charge in [0.05, 0.1) is 16.5 Å². The summed E-state index contributed by atoms with van der Waals surface area (Å²) in [7, 11) is 1.44. The predicted molar refractivity (Wildman–Crippen MR) is 98.7 cm³/mol. The molecule has 0 aromatic heterocycles. The number of anilines is 1. The molecule has 128 valence electrons. The van der Waals surface area contributed by atoms with E-state index in [-0.39, 0.29) is 17.7 Å². The molecular weight excluding hydrogens is 384 g/mol. The summed E-state index contributed by atoms with van der Waals surface area (Å²) in [4.78, 5) is 37.8. The van der Waals surface area contributed by atoms with Gasteiger partial charge in [-0.25, -0.2) is 0 Å². The molecule has 1 N–H and O–H groups in total. The Labute approximate surface area is 154 Å². The number of rotatable bonds is 3. The number of halogens is 1. The maximum atomic E-state index is 12.7. The highest BCUT2D eigenvalue weighted by Gasteiger charge is 2.34. The number of nitrogens with zero attached hydrogens (tertiary/aromatic N) is 1. The van der Waals surface area contributed by atoms with E-state index in [0.717, 1.165) is 14.9 Å². The molecule has 6 heteroatoms. The molecule has 2 aromatic rings. The molecule has 0 saturated carbocycles. The van der Waals surface area contributed by atoms with Crippen LogP contribution in [0, 0.1) is 0 Å². The maximum Gasteiger partial charge on any atom is 0.261 e. The molecule has 1 aliphatic heterocycles. The average Bonchev–Trinajstić information content (AvgIpc) is 2.79. The summed E-state index contributed by atoms with van der Waals surface area (Å²) in [6.07, 6.45) is 0. The molecule has 1 aliphatic rings. The van der Waals surface area contributed by atoms with Gasteiger partial charge in [-0.15, -0.1) is 0 Å². The fourth-order valence-corrected chi connectivity index (χ4v) is 2.99. The third-order valence-electron chi connectivity index (χ3n) is 4.48. The third-order valence-corrected chi connectivity index (χ3v) is 5.01. The minimum absolute atomic E-state index is 0.195. The molecule has 0 atom stereocenters. The van der Waals surface area contributed by atoms with Crippen LogP contribution >= 0.6 is 15.9 Å². The van der Waals surface area contributed by atoms with E-state index in [9.17, 15) is 14.4 Å². The second-order valence-electron chi connectivity index (χ2n) is 6.52. The zero-order valence-electron chi connectivity index (χ0n) is 14.1. The first-order valence-electron chi connectivity index (χ1n) is 7.76. The highest BCUT2D eigenvalue weighted by molar-refractivity contribution is 9.10. The fraction of sp³-hybridized carbons (Fsp3) is 0.211. The van der Waals surface area contributed by atoms with Crippen LogP contribution in [0.2, 0.25) is 0 Å². The van der Waals surface area contributed by atoms with E-state index in [4.69, 9.17) is 0 Å². The van der Waals surface area contributed by atoms with Gasteiger partial charge in [0.15, 0.2) is 0 Å². The SMILES string of the molecule is CN1C(=O)c2ccc(NC(=O)C(C)(C)c3ccc(Br)cc3)cc2C1=O. The Hall–Kier alpha value is -2.47. The van der Waals surface area contributed by atoms with E-state index in [1.807, 2.05) is 38.1 Å². The summed E-state index contributed by atoms with van der Waals surface area (Å²) in [5.41, 5.74) is 1.28. The van der Waals surface area contributed by atoms with Crippen molar-refractivity contribution in [1.29, 1.82) is 0 Å². The number of imide groups is 1. The summed E-state index contributed by atoms with van der Waals surface area (Å²) in [5, 5.41) is 2.84. The van der Waals surface area contributed by atoms with E-state index < -0.39 is 5.41 Å². The van der Waals surface area contributed by atoms with Crippen LogP contribution in [0.5, 0.6) is 0 Å². The summed E-state index contributed by atoms with van der Waals surface area (Å²) in [6.45, 7) is 3.67. The van der Waals surface area contributed by atoms with Crippen molar-refractivity contribution in [1.82, 2.24) is 4.90 Å². The van der Waals surface area contributed by atoms with Crippen LogP contribution in [-0.2, 0) is 10.2 Å². The van der Waals surface area contributed by atoms with Gasteiger partial charge < -0.3 is 5.32 Å². The Kier molecular flexibility index (Phi) is 4.24. The van der Waals surface area contributed by atoms with Crippen molar-refractivity contribution in [3.8, 4) is 0 Å². The molecule has 0 saturated heterocycles. The van der Waals surface area contributed by atoms with E-state index >= 15 is 0 Å². The molecule has 5 nitrogen and oxygen atoms in total. The molecule has 3 amide bonds. The smallest absolute Gasteiger partial charge is 0.261 e. The number of hydrogen-bond acceptors (Lipinski definition) is 3. The molecule has 2 aromatic carbocycles. The second kappa shape index (κ2) is 6.11. The zero-order chi connectivity index (χ0) is 18.4. The van der Waals surface area contributed by atoms with Crippen LogP contribution in [-0.4, -0.2) is 29.7 Å². The number of hydrogen-bond donors (Lipinski definition) is 1. The first-order valence-corrected chi connectivity index (χ1v) is 8.55. The summed E-state index contributed by atoms with van der Waals surface area (Å²) in [6, 6.07) is 12.3. The lowest BCUT2D eigenvalue weighted by atomic mass is 9.83. The van der Waals surface area contributed by atoms with Gasteiger partial charge in [0, 0.05) is 17.2 Å². The van der Waals surface area contributed by atoms with E-state index in [2.05, 4.69) is 21.2 Å². The largest absolute Gasteiger partial charge is 0.325 e. The van der Waals surface area contributed by atoms with Crippen LogP contribution in [0.3, 0.4) is 0 Å². The lowest BCUT2D eigenvalue weighted by Gasteiger charge is -2.24. The van der Waals surface area contributed by atoms with Gasteiger partial charge >= 0.3 is 0 Å². The molecule has 25 heavy (non-hydrogen) atoms. The van der Waals surface area contributed by atoms with Gasteiger partial charge in [-0.3, -0.25) is 19.3 Å². The van der Waals surface area contributed by atoms with Crippen molar-refractivity contribution < 1.29 is 14.4 Å². The molecule has 0 spiro atoms. The van der Waals surface area contributed by atoms with Crippen molar-refractivity contribution in [3.63, 3.8) is 0 Å². The third kappa shape index (κ3) is 2.98. The van der Waals surface area contributed by atoms with E-state index in [1.54, 1.807) is 18.2 Å². The maximum absolute atomic E-state index is 12.7. The van der Waals surface area contributed by atoms with Gasteiger partial charge in [-0.05, 0) is 49.7 Å². The van der Waals surface area contributed by atoms with Gasteiger partial charge in [0.2, 0.25) is 5.91 Å². The topological polar surface area (TPSA) is 66.5 Å². The number of benzene rings is 2. The van der Waals surface area contributed by atoms with Crippen molar-refractivity contribution in [2.75, 3.05) is 12.4 Å². The van der Waals surface area contributed by atoms with Crippen molar-refractivity contribution in [3.05, 3.63) is 63.6 Å². The number of carbonyl (C=O) groups is 3. The monoisotopic (exact) mass is 400 g/mol. The summed E-state index contributed by atoms with van der Waals surface area (Å²) >= 11 is 3.38. The second-order valence-corrected chi connectivity index (χ2v) is 7.43. The van der Waals surface area contributed by atoms with Gasteiger partial charge in [0.25, 0.3) is 11.8 Å². The Balaban J connectivity index is 1.86. The minimum Gasteiger partial charge on any atom is -0.325 e. The minimum atomic E-state index is -0.754. The van der Waals surface area contributed by atoms with Gasteiger partial charge in [0.1, 0.15) is 0 Å². The number of carbonyl (C=O) groups excluding carboxylic acids is 3. The van der Waals surface area contributed by atoms with Crippen LogP contribution in [0.4, 0.5) is 5.69 Å². The molecule has 1 heterocycles. The Morgan fingerprint density at radius 3 is 2.24 bits per heavy atom. The van der Waals surface area contributed by atoms with Gasteiger partial charge in [-0.2, -0.15) is 0 Å². The molecule has 0 fully saturated rings. The van der Waals surface area contributed by atoms with Crippen molar-refractivity contribution in [2.45, 2.75) is 19.3 Å². The lowest BCUT2D eigenvalue weighted by molar-refractivity contribution is -0.120. The van der Waals surface area contributed by atoms with Crippen molar-refractivity contribution in [2.24, 2.45) is 0 Å². The van der Waals surface area contributed by atoms with Gasteiger partial charge in [-0.1, -0.05) is 28.1 Å². The number of amides is 3. The summed E-state index contributed by atoms with van der Waals surface area (Å²) < 4.78 is 0.943. The predicted octanol–water partition coefficient (Wildman–Crippen LogP) is 3.59. The molecular formula is C19H17BrN2O3. The fourth-order valence-electron chi connectivity index (χ4n) is 2.72. The number of fused-ring (bicyclic) bond motifs is 1. The molecule has 0 aliphatic carbocycles. The Bertz CT molecular complexity index is 888. The van der Waals surface area contributed by atoms with E-state index in [0.29, 0.717) is 16.8 Å². The van der Waals surface area contributed by atoms with Crippen LogP contribution in [0.15, 0.2) is 46.9 Å². The Morgan fingerprint density at radius 1 is 1.00 bits per heavy atom. The summed E-state index contributed by atoms with van der Waals surface area (Å²) in [5.74, 6) is -0.878. The molecule has 0 unspecified atom stereocenters. The van der Waals surface area contributed by atoms with Crippen molar-refractivity contribution >= 4 is 39.3 Å². The first kappa shape index (κ1) is 17.4. The van der Waals surface area contributed by atoms with E-state index in [1.165, 1.54) is 7.05 Å². The highest BCUT2D eigenvalue weighted by Crippen LogP contribution is 2.28. The quantitative estimate of drug-likeness (QED) is 0.800. The molecule has 0 radical (unpaired) electrons. The number of nitrogens with one attached hydrogen (secondary N) is 1.